The van der Waals surface area contributed by atoms with E-state index in [0.717, 1.165) is 35.7 Å². The van der Waals surface area contributed by atoms with Gasteiger partial charge in [0.25, 0.3) is 0 Å². The number of anilines is 2. The maximum absolute atomic E-state index is 13.9. The van der Waals surface area contributed by atoms with Crippen LogP contribution in [-0.2, 0) is 12.8 Å². The number of rotatable bonds is 2. The van der Waals surface area contributed by atoms with E-state index < -0.39 is 11.6 Å². The van der Waals surface area contributed by atoms with Crippen molar-refractivity contribution in [2.45, 2.75) is 12.8 Å². The molecular formula is C22H17F2N. The molecule has 0 heterocycles. The lowest BCUT2D eigenvalue weighted by molar-refractivity contribution is 0.586. The third kappa shape index (κ3) is 2.93. The minimum atomic E-state index is -0.605. The van der Waals surface area contributed by atoms with Gasteiger partial charge in [0.15, 0.2) is 0 Å². The highest BCUT2D eigenvalue weighted by molar-refractivity contribution is 5.83. The maximum Gasteiger partial charge on any atom is 0.149 e. The minimum absolute atomic E-state index is 0.261. The Morgan fingerprint density at radius 3 is 2.40 bits per heavy atom. The van der Waals surface area contributed by atoms with Crippen molar-refractivity contribution in [3.8, 4) is 0 Å². The fourth-order valence-electron chi connectivity index (χ4n) is 3.37. The molecule has 0 aromatic heterocycles. The molecular weight excluding hydrogens is 316 g/mol. The van der Waals surface area contributed by atoms with Gasteiger partial charge >= 0.3 is 0 Å². The Balaban J connectivity index is 1.68. The third-order valence-corrected chi connectivity index (χ3v) is 4.65. The van der Waals surface area contributed by atoms with Crippen LogP contribution in [0.5, 0.6) is 0 Å². The van der Waals surface area contributed by atoms with Crippen molar-refractivity contribution in [1.82, 2.24) is 0 Å². The summed E-state index contributed by atoms with van der Waals surface area (Å²) in [7, 11) is 0. The van der Waals surface area contributed by atoms with Gasteiger partial charge in [-0.1, -0.05) is 36.9 Å². The van der Waals surface area contributed by atoms with Crippen molar-refractivity contribution in [2.24, 2.45) is 0 Å². The summed E-state index contributed by atoms with van der Waals surface area (Å²) in [5.74, 6) is -1.19. The van der Waals surface area contributed by atoms with Crippen molar-refractivity contribution in [3.63, 3.8) is 0 Å². The number of nitrogens with one attached hydrogen (secondary N) is 1. The van der Waals surface area contributed by atoms with Crippen LogP contribution >= 0.6 is 0 Å². The van der Waals surface area contributed by atoms with E-state index in [1.165, 1.54) is 28.8 Å². The molecule has 0 saturated carbocycles. The van der Waals surface area contributed by atoms with Gasteiger partial charge in [-0.15, -0.1) is 0 Å². The second-order valence-corrected chi connectivity index (χ2v) is 6.26. The van der Waals surface area contributed by atoms with E-state index in [0.29, 0.717) is 0 Å². The lowest BCUT2D eigenvalue weighted by Gasteiger charge is -2.13. The molecule has 0 fully saturated rings. The summed E-state index contributed by atoms with van der Waals surface area (Å²) in [6, 6.07) is 17.8. The molecule has 0 saturated heterocycles. The van der Waals surface area contributed by atoms with E-state index in [1.807, 2.05) is 30.3 Å². The average Bonchev–Trinajstić information content (AvgIpc) is 2.75. The topological polar surface area (TPSA) is 12.0 Å². The summed E-state index contributed by atoms with van der Waals surface area (Å²) < 4.78 is 26.9. The van der Waals surface area contributed by atoms with Crippen molar-refractivity contribution < 1.29 is 8.78 Å². The summed E-state index contributed by atoms with van der Waals surface area (Å²) in [5, 5.41) is 3.03. The van der Waals surface area contributed by atoms with E-state index in [1.54, 1.807) is 0 Å². The Morgan fingerprint density at radius 2 is 1.56 bits per heavy atom. The van der Waals surface area contributed by atoms with Gasteiger partial charge in [-0.25, -0.2) is 8.78 Å². The van der Waals surface area contributed by atoms with Crippen molar-refractivity contribution in [1.29, 1.82) is 0 Å². The maximum atomic E-state index is 13.9. The Kier molecular flexibility index (Phi) is 3.85. The third-order valence-electron chi connectivity index (χ3n) is 4.65. The zero-order valence-corrected chi connectivity index (χ0v) is 13.7. The monoisotopic (exact) mass is 333 g/mol. The Hall–Kier alpha value is -2.94. The van der Waals surface area contributed by atoms with Gasteiger partial charge in [0, 0.05) is 11.8 Å². The fourth-order valence-corrected chi connectivity index (χ4v) is 3.37. The Bertz CT molecular complexity index is 976. The molecule has 0 amide bonds. The SMILES string of the molecule is C=C1c2ccccc2CCc2cc(Nc3ccc(F)cc3F)ccc21. The summed E-state index contributed by atoms with van der Waals surface area (Å²) in [5.41, 5.74) is 6.83. The molecule has 1 nitrogen and oxygen atoms in total. The average molecular weight is 333 g/mol. The molecule has 1 aliphatic rings. The largest absolute Gasteiger partial charge is 0.353 e. The highest BCUT2D eigenvalue weighted by atomic mass is 19.1. The molecule has 0 aliphatic heterocycles. The predicted molar refractivity (Wildman–Crippen MR) is 98.1 cm³/mol. The quantitative estimate of drug-likeness (QED) is 0.618. The smallest absolute Gasteiger partial charge is 0.149 e. The molecule has 0 atom stereocenters. The first kappa shape index (κ1) is 15.6. The van der Waals surface area contributed by atoms with Crippen LogP contribution in [0.1, 0.15) is 22.3 Å². The van der Waals surface area contributed by atoms with Crippen LogP contribution in [0, 0.1) is 11.6 Å². The minimum Gasteiger partial charge on any atom is -0.353 e. The van der Waals surface area contributed by atoms with Crippen LogP contribution in [0.2, 0.25) is 0 Å². The number of fused-ring (bicyclic) bond motifs is 2. The molecule has 124 valence electrons. The standard InChI is InChI=1S/C22H17F2N/c1-14-19-5-3-2-4-15(19)6-7-16-12-18(9-10-20(14)16)25-22-11-8-17(23)13-21(22)24/h2-5,8-13,25H,1,6-7H2. The zero-order valence-electron chi connectivity index (χ0n) is 13.7. The second kappa shape index (κ2) is 6.17. The molecule has 0 radical (unpaired) electrons. The van der Waals surface area contributed by atoms with E-state index in [9.17, 15) is 8.78 Å². The number of halogens is 2. The number of aryl methyl sites for hydroxylation is 2. The number of hydrogen-bond donors (Lipinski definition) is 1. The second-order valence-electron chi connectivity index (χ2n) is 6.26. The first-order valence-electron chi connectivity index (χ1n) is 8.24. The van der Waals surface area contributed by atoms with Gasteiger partial charge in [0.2, 0.25) is 0 Å². The van der Waals surface area contributed by atoms with Crippen LogP contribution in [0.25, 0.3) is 5.57 Å². The molecule has 3 aromatic carbocycles. The lowest BCUT2D eigenvalue weighted by atomic mass is 9.95. The van der Waals surface area contributed by atoms with Crippen molar-refractivity contribution >= 4 is 16.9 Å². The first-order chi connectivity index (χ1) is 12.1. The number of hydrogen-bond acceptors (Lipinski definition) is 1. The van der Waals surface area contributed by atoms with Crippen LogP contribution in [0.3, 0.4) is 0 Å². The Morgan fingerprint density at radius 1 is 0.800 bits per heavy atom. The summed E-state index contributed by atoms with van der Waals surface area (Å²) in [6.45, 7) is 4.27. The molecule has 1 N–H and O–H groups in total. The first-order valence-corrected chi connectivity index (χ1v) is 8.24. The zero-order chi connectivity index (χ0) is 17.4. The van der Waals surface area contributed by atoms with E-state index in [-0.39, 0.29) is 5.69 Å². The van der Waals surface area contributed by atoms with Crippen molar-refractivity contribution in [3.05, 3.63) is 101 Å². The molecule has 0 unspecified atom stereocenters. The van der Waals surface area contributed by atoms with Gasteiger partial charge in [-0.05, 0) is 64.9 Å². The van der Waals surface area contributed by atoms with Crippen LogP contribution in [0.15, 0.2) is 67.2 Å². The molecule has 0 bridgehead atoms. The van der Waals surface area contributed by atoms with Gasteiger partial charge in [0.1, 0.15) is 11.6 Å². The van der Waals surface area contributed by atoms with E-state index in [2.05, 4.69) is 24.0 Å². The number of benzene rings is 3. The Labute approximate surface area is 145 Å². The molecule has 3 heteroatoms. The molecule has 4 rings (SSSR count). The summed E-state index contributed by atoms with van der Waals surface area (Å²) >= 11 is 0. The predicted octanol–water partition coefficient (Wildman–Crippen LogP) is 5.87. The summed E-state index contributed by atoms with van der Waals surface area (Å²) in [6.07, 6.45) is 1.84. The highest BCUT2D eigenvalue weighted by Gasteiger charge is 2.16. The van der Waals surface area contributed by atoms with Gasteiger partial charge in [-0.2, -0.15) is 0 Å². The van der Waals surface area contributed by atoms with Crippen LogP contribution in [0.4, 0.5) is 20.2 Å². The normalized spacial score (nSPS) is 13.0. The van der Waals surface area contributed by atoms with Crippen molar-refractivity contribution in [2.75, 3.05) is 5.32 Å². The summed E-state index contributed by atoms with van der Waals surface area (Å²) in [4.78, 5) is 0. The molecule has 0 spiro atoms. The van der Waals surface area contributed by atoms with Gasteiger partial charge in [-0.3, -0.25) is 0 Å². The van der Waals surface area contributed by atoms with E-state index >= 15 is 0 Å². The molecule has 25 heavy (non-hydrogen) atoms. The van der Waals surface area contributed by atoms with Gasteiger partial charge < -0.3 is 5.32 Å². The highest BCUT2D eigenvalue weighted by Crippen LogP contribution is 2.34. The van der Waals surface area contributed by atoms with Crippen LogP contribution < -0.4 is 5.32 Å². The van der Waals surface area contributed by atoms with Crippen LogP contribution in [-0.4, -0.2) is 0 Å². The van der Waals surface area contributed by atoms with Gasteiger partial charge in [0.05, 0.1) is 5.69 Å². The molecule has 3 aromatic rings. The van der Waals surface area contributed by atoms with E-state index in [4.69, 9.17) is 0 Å². The lowest BCUT2D eigenvalue weighted by Crippen LogP contribution is -1.98. The fraction of sp³-hybridized carbons (Fsp3) is 0.0909. The molecule has 1 aliphatic carbocycles.